The number of aryl methyl sites for hydroxylation is 1. The Labute approximate surface area is 135 Å². The monoisotopic (exact) mass is 313 g/mol. The lowest BCUT2D eigenvalue weighted by Crippen LogP contribution is -2.34. The van der Waals surface area contributed by atoms with Crippen molar-refractivity contribution in [3.63, 3.8) is 0 Å². The third-order valence-electron chi connectivity index (χ3n) is 4.03. The highest BCUT2D eigenvalue weighted by atomic mass is 19.1. The molecule has 1 heterocycles. The predicted octanol–water partition coefficient (Wildman–Crippen LogP) is 3.85. The van der Waals surface area contributed by atoms with Crippen molar-refractivity contribution in [1.29, 1.82) is 0 Å². The Hall–Kier alpha value is -2.56. The fraction of sp³-hybridized carbons (Fsp3) is 0.278. The van der Waals surface area contributed by atoms with Gasteiger partial charge in [0, 0.05) is 30.5 Å². The van der Waals surface area contributed by atoms with Crippen molar-refractivity contribution in [3.05, 3.63) is 59.9 Å². The molecule has 5 heteroatoms. The van der Waals surface area contributed by atoms with Crippen molar-refractivity contribution in [2.24, 2.45) is 0 Å². The van der Waals surface area contributed by atoms with Gasteiger partial charge in [-0.25, -0.2) is 9.18 Å². The highest BCUT2D eigenvalue weighted by Crippen LogP contribution is 2.18. The van der Waals surface area contributed by atoms with Crippen LogP contribution in [0.5, 0.6) is 0 Å². The molecule has 0 aliphatic carbocycles. The predicted molar refractivity (Wildman–Crippen MR) is 90.2 cm³/mol. The summed E-state index contributed by atoms with van der Waals surface area (Å²) in [6, 6.07) is 14.7. The van der Waals surface area contributed by atoms with E-state index in [1.54, 1.807) is 24.0 Å². The highest BCUT2D eigenvalue weighted by molar-refractivity contribution is 5.89. The standard InChI is InChI=1S/C18H20FN3O/c1-13-11-15(7-8-17(13)19)21-18(23)22-10-9-16(12-22)20-14-5-3-2-4-6-14/h2-8,11,16,20H,9-10,12H2,1H3,(H,21,23). The fourth-order valence-electron chi connectivity index (χ4n) is 2.76. The number of halogens is 1. The van der Waals surface area contributed by atoms with Crippen LogP contribution >= 0.6 is 0 Å². The molecule has 1 fully saturated rings. The van der Waals surface area contributed by atoms with Crippen molar-refractivity contribution in [2.75, 3.05) is 23.7 Å². The molecular weight excluding hydrogens is 293 g/mol. The molecule has 0 radical (unpaired) electrons. The molecule has 0 bridgehead atoms. The van der Waals surface area contributed by atoms with E-state index in [1.165, 1.54) is 6.07 Å². The quantitative estimate of drug-likeness (QED) is 0.904. The SMILES string of the molecule is Cc1cc(NC(=O)N2CCC(Nc3ccccc3)C2)ccc1F. The highest BCUT2D eigenvalue weighted by Gasteiger charge is 2.26. The molecule has 2 aromatic rings. The number of likely N-dealkylation sites (tertiary alicyclic amines) is 1. The second-order valence-electron chi connectivity index (χ2n) is 5.84. The van der Waals surface area contributed by atoms with Gasteiger partial charge >= 0.3 is 6.03 Å². The van der Waals surface area contributed by atoms with Gasteiger partial charge in [-0.3, -0.25) is 0 Å². The average molecular weight is 313 g/mol. The maximum atomic E-state index is 13.3. The van der Waals surface area contributed by atoms with Crippen molar-refractivity contribution in [3.8, 4) is 0 Å². The maximum Gasteiger partial charge on any atom is 0.321 e. The third kappa shape index (κ3) is 3.80. The molecule has 0 spiro atoms. The van der Waals surface area contributed by atoms with Gasteiger partial charge in [-0.2, -0.15) is 0 Å². The van der Waals surface area contributed by atoms with Crippen LogP contribution in [-0.4, -0.2) is 30.1 Å². The number of amides is 2. The molecule has 120 valence electrons. The average Bonchev–Trinajstić information content (AvgIpc) is 3.00. The van der Waals surface area contributed by atoms with Crippen LogP contribution in [0.3, 0.4) is 0 Å². The zero-order chi connectivity index (χ0) is 16.2. The third-order valence-corrected chi connectivity index (χ3v) is 4.03. The summed E-state index contributed by atoms with van der Waals surface area (Å²) in [7, 11) is 0. The van der Waals surface area contributed by atoms with Gasteiger partial charge < -0.3 is 15.5 Å². The zero-order valence-corrected chi connectivity index (χ0v) is 13.1. The lowest BCUT2D eigenvalue weighted by Gasteiger charge is -2.18. The van der Waals surface area contributed by atoms with Crippen LogP contribution in [0.25, 0.3) is 0 Å². The zero-order valence-electron chi connectivity index (χ0n) is 13.1. The van der Waals surface area contributed by atoms with Crippen LogP contribution in [0.1, 0.15) is 12.0 Å². The van der Waals surface area contributed by atoms with E-state index < -0.39 is 0 Å². The fourth-order valence-corrected chi connectivity index (χ4v) is 2.76. The number of urea groups is 1. The summed E-state index contributed by atoms with van der Waals surface area (Å²) in [5.74, 6) is -0.267. The van der Waals surface area contributed by atoms with E-state index in [0.717, 1.165) is 12.1 Å². The normalized spacial score (nSPS) is 17.1. The van der Waals surface area contributed by atoms with Gasteiger partial charge in [0.05, 0.1) is 0 Å². The number of hydrogen-bond acceptors (Lipinski definition) is 2. The first-order valence-electron chi connectivity index (χ1n) is 7.75. The number of benzene rings is 2. The minimum absolute atomic E-state index is 0.145. The topological polar surface area (TPSA) is 44.4 Å². The van der Waals surface area contributed by atoms with Crippen molar-refractivity contribution in [2.45, 2.75) is 19.4 Å². The van der Waals surface area contributed by atoms with Crippen LogP contribution in [0.15, 0.2) is 48.5 Å². The summed E-state index contributed by atoms with van der Waals surface area (Å²) >= 11 is 0. The maximum absolute atomic E-state index is 13.3. The van der Waals surface area contributed by atoms with E-state index >= 15 is 0 Å². The first kappa shape index (κ1) is 15.3. The molecule has 1 atom stereocenters. The Morgan fingerprint density at radius 3 is 2.70 bits per heavy atom. The van der Waals surface area contributed by atoms with Gasteiger partial charge in [0.2, 0.25) is 0 Å². The van der Waals surface area contributed by atoms with E-state index in [1.807, 2.05) is 30.3 Å². The van der Waals surface area contributed by atoms with E-state index in [9.17, 15) is 9.18 Å². The summed E-state index contributed by atoms with van der Waals surface area (Å²) in [6.45, 7) is 3.04. The molecule has 1 aliphatic rings. The Morgan fingerprint density at radius 2 is 1.96 bits per heavy atom. The van der Waals surface area contributed by atoms with Gasteiger partial charge in [0.15, 0.2) is 0 Å². The molecule has 2 aromatic carbocycles. The Morgan fingerprint density at radius 1 is 1.17 bits per heavy atom. The number of nitrogens with one attached hydrogen (secondary N) is 2. The Kier molecular flexibility index (Phi) is 4.46. The Bertz CT molecular complexity index is 690. The van der Waals surface area contributed by atoms with E-state index in [4.69, 9.17) is 0 Å². The summed E-state index contributed by atoms with van der Waals surface area (Å²) in [6.07, 6.45) is 0.907. The van der Waals surface area contributed by atoms with Gasteiger partial charge in [-0.05, 0) is 49.2 Å². The van der Waals surface area contributed by atoms with Crippen LogP contribution in [0.4, 0.5) is 20.6 Å². The second-order valence-corrected chi connectivity index (χ2v) is 5.84. The van der Waals surface area contributed by atoms with Gasteiger partial charge in [0.25, 0.3) is 0 Å². The van der Waals surface area contributed by atoms with Gasteiger partial charge in [-0.15, -0.1) is 0 Å². The van der Waals surface area contributed by atoms with Crippen LogP contribution in [-0.2, 0) is 0 Å². The number of nitrogens with zero attached hydrogens (tertiary/aromatic N) is 1. The molecule has 2 amide bonds. The summed E-state index contributed by atoms with van der Waals surface area (Å²) < 4.78 is 13.3. The minimum atomic E-state index is -0.267. The van der Waals surface area contributed by atoms with E-state index in [-0.39, 0.29) is 17.9 Å². The number of rotatable bonds is 3. The van der Waals surface area contributed by atoms with Gasteiger partial charge in [-0.1, -0.05) is 18.2 Å². The van der Waals surface area contributed by atoms with E-state index in [0.29, 0.717) is 24.3 Å². The number of carbonyl (C=O) groups is 1. The van der Waals surface area contributed by atoms with Gasteiger partial charge in [0.1, 0.15) is 5.82 Å². The molecule has 2 N–H and O–H groups in total. The first-order chi connectivity index (χ1) is 11.1. The second kappa shape index (κ2) is 6.69. The van der Waals surface area contributed by atoms with Crippen LogP contribution < -0.4 is 10.6 Å². The van der Waals surface area contributed by atoms with Crippen molar-refractivity contribution < 1.29 is 9.18 Å². The molecule has 4 nitrogen and oxygen atoms in total. The number of hydrogen-bond donors (Lipinski definition) is 2. The van der Waals surface area contributed by atoms with Crippen LogP contribution in [0, 0.1) is 12.7 Å². The van der Waals surface area contributed by atoms with Crippen molar-refractivity contribution >= 4 is 17.4 Å². The largest absolute Gasteiger partial charge is 0.380 e. The molecule has 3 rings (SSSR count). The number of carbonyl (C=O) groups excluding carboxylic acids is 1. The molecule has 0 aromatic heterocycles. The number of para-hydroxylation sites is 1. The molecule has 1 aliphatic heterocycles. The minimum Gasteiger partial charge on any atom is -0.380 e. The molecule has 1 saturated heterocycles. The van der Waals surface area contributed by atoms with E-state index in [2.05, 4.69) is 10.6 Å². The van der Waals surface area contributed by atoms with Crippen LogP contribution in [0.2, 0.25) is 0 Å². The molecule has 23 heavy (non-hydrogen) atoms. The summed E-state index contributed by atoms with van der Waals surface area (Å²) in [5.41, 5.74) is 2.20. The lowest BCUT2D eigenvalue weighted by atomic mass is 10.2. The summed E-state index contributed by atoms with van der Waals surface area (Å²) in [5, 5.41) is 6.26. The first-order valence-corrected chi connectivity index (χ1v) is 7.75. The molecule has 1 unspecified atom stereocenters. The number of anilines is 2. The Balaban J connectivity index is 1.56. The van der Waals surface area contributed by atoms with Crippen molar-refractivity contribution in [1.82, 2.24) is 4.90 Å². The molecule has 0 saturated carbocycles. The smallest absolute Gasteiger partial charge is 0.321 e. The molecular formula is C18H20FN3O. The lowest BCUT2D eigenvalue weighted by molar-refractivity contribution is 0.222. The summed E-state index contributed by atoms with van der Waals surface area (Å²) in [4.78, 5) is 14.1.